The van der Waals surface area contributed by atoms with Gasteiger partial charge in [-0.05, 0) is 31.5 Å². The number of carboxylic acid groups (broad SMARTS) is 1. The lowest BCUT2D eigenvalue weighted by atomic mass is 10.1. The fraction of sp³-hybridized carbons (Fsp3) is 0.188. The average Bonchev–Trinajstić information content (AvgIpc) is 2.35. The molecular weight excluding hydrogens is 254 g/mol. The van der Waals surface area contributed by atoms with Gasteiger partial charge in [-0.15, -0.1) is 0 Å². The summed E-state index contributed by atoms with van der Waals surface area (Å²) in [4.78, 5) is 11.2. The van der Waals surface area contributed by atoms with E-state index in [9.17, 15) is 4.79 Å². The lowest BCUT2D eigenvalue weighted by molar-refractivity contribution is 0.0692. The minimum absolute atomic E-state index is 0.0781. The van der Waals surface area contributed by atoms with Gasteiger partial charge in [0.05, 0.1) is 5.69 Å². The molecule has 2 rings (SSSR count). The summed E-state index contributed by atoms with van der Waals surface area (Å²) < 4.78 is 5.62. The Morgan fingerprint density at radius 2 is 1.85 bits per heavy atom. The van der Waals surface area contributed by atoms with Crippen molar-refractivity contribution in [2.45, 2.75) is 20.5 Å². The summed E-state index contributed by atoms with van der Waals surface area (Å²) in [5, 5.41) is 9.14. The van der Waals surface area contributed by atoms with E-state index >= 15 is 0 Å². The summed E-state index contributed by atoms with van der Waals surface area (Å²) in [6.07, 6.45) is 0. The Bertz CT molecular complexity index is 630. The number of ether oxygens (including phenoxy) is 1. The van der Waals surface area contributed by atoms with Crippen molar-refractivity contribution < 1.29 is 14.6 Å². The Balaban J connectivity index is 2.25. The van der Waals surface area contributed by atoms with E-state index in [2.05, 4.69) is 6.07 Å². The number of carboxylic acids is 1. The third-order valence-corrected chi connectivity index (χ3v) is 2.94. The summed E-state index contributed by atoms with van der Waals surface area (Å²) in [6, 6.07) is 10.8. The van der Waals surface area contributed by atoms with E-state index in [0.717, 1.165) is 16.7 Å². The van der Waals surface area contributed by atoms with Crippen molar-refractivity contribution >= 4 is 11.7 Å². The number of nitrogens with two attached hydrogens (primary N) is 1. The van der Waals surface area contributed by atoms with Crippen LogP contribution in [0.15, 0.2) is 36.4 Å². The van der Waals surface area contributed by atoms with Crippen LogP contribution in [0.1, 0.15) is 27.0 Å². The number of aryl methyl sites for hydroxylation is 2. The number of benzene rings is 2. The largest absolute Gasteiger partial charge is 0.486 e. The number of rotatable bonds is 4. The first-order valence-corrected chi connectivity index (χ1v) is 6.29. The zero-order valence-corrected chi connectivity index (χ0v) is 11.5. The fourth-order valence-corrected chi connectivity index (χ4v) is 2.19. The van der Waals surface area contributed by atoms with Crippen LogP contribution in [-0.4, -0.2) is 11.1 Å². The normalized spacial score (nSPS) is 10.3. The van der Waals surface area contributed by atoms with Crippen LogP contribution < -0.4 is 10.5 Å². The van der Waals surface area contributed by atoms with Crippen LogP contribution in [0, 0.1) is 13.8 Å². The zero-order chi connectivity index (χ0) is 14.7. The van der Waals surface area contributed by atoms with E-state index in [1.807, 2.05) is 26.0 Å². The second kappa shape index (κ2) is 5.65. The molecule has 0 amide bonds. The monoisotopic (exact) mass is 271 g/mol. The van der Waals surface area contributed by atoms with Gasteiger partial charge in [0.1, 0.15) is 12.2 Å². The smallest absolute Gasteiger partial charge is 0.339 e. The lowest BCUT2D eigenvalue weighted by Crippen LogP contribution is -2.06. The van der Waals surface area contributed by atoms with Gasteiger partial charge in [0.25, 0.3) is 0 Å². The van der Waals surface area contributed by atoms with Gasteiger partial charge in [0.2, 0.25) is 0 Å². The second-order valence-electron chi connectivity index (χ2n) is 4.81. The molecule has 0 heterocycles. The molecule has 0 aliphatic heterocycles. The molecule has 0 unspecified atom stereocenters. The van der Waals surface area contributed by atoms with Crippen LogP contribution in [0.3, 0.4) is 0 Å². The number of hydrogen-bond donors (Lipinski definition) is 2. The highest BCUT2D eigenvalue weighted by atomic mass is 16.5. The van der Waals surface area contributed by atoms with E-state index in [1.54, 1.807) is 12.1 Å². The quantitative estimate of drug-likeness (QED) is 0.838. The molecule has 0 radical (unpaired) electrons. The summed E-state index contributed by atoms with van der Waals surface area (Å²) in [5.74, 6) is -0.827. The molecule has 0 aromatic heterocycles. The van der Waals surface area contributed by atoms with Crippen molar-refractivity contribution in [3.63, 3.8) is 0 Å². The van der Waals surface area contributed by atoms with Crippen molar-refractivity contribution in [2.24, 2.45) is 0 Å². The minimum atomic E-state index is -1.05. The van der Waals surface area contributed by atoms with E-state index in [-0.39, 0.29) is 17.9 Å². The number of carbonyl (C=O) groups is 1. The molecule has 4 nitrogen and oxygen atoms in total. The first-order valence-electron chi connectivity index (χ1n) is 6.29. The molecule has 0 spiro atoms. The zero-order valence-electron chi connectivity index (χ0n) is 11.5. The maximum absolute atomic E-state index is 11.2. The van der Waals surface area contributed by atoms with Crippen molar-refractivity contribution in [1.82, 2.24) is 0 Å². The SMILES string of the molecule is Cc1cc(C)cc(COc2c(N)cccc2C(=O)O)c1. The van der Waals surface area contributed by atoms with Crippen LogP contribution in [0.5, 0.6) is 5.75 Å². The number of para-hydroxylation sites is 1. The molecule has 0 bridgehead atoms. The Kier molecular flexibility index (Phi) is 3.94. The number of anilines is 1. The maximum Gasteiger partial charge on any atom is 0.339 e. The predicted molar refractivity (Wildman–Crippen MR) is 78.1 cm³/mol. The summed E-state index contributed by atoms with van der Waals surface area (Å²) in [6.45, 7) is 4.31. The minimum Gasteiger partial charge on any atom is -0.486 e. The standard InChI is InChI=1S/C16H17NO3/c1-10-6-11(2)8-12(7-10)9-20-15-13(16(18)19)4-3-5-14(15)17/h3-8H,9,17H2,1-2H3,(H,18,19). The molecule has 104 valence electrons. The Labute approximate surface area is 117 Å². The topological polar surface area (TPSA) is 72.5 Å². The lowest BCUT2D eigenvalue weighted by Gasteiger charge is -2.12. The molecule has 3 N–H and O–H groups in total. The molecule has 0 saturated carbocycles. The first-order chi connectivity index (χ1) is 9.47. The molecule has 0 fully saturated rings. The Morgan fingerprint density at radius 3 is 2.45 bits per heavy atom. The summed E-state index contributed by atoms with van der Waals surface area (Å²) >= 11 is 0. The molecule has 0 aliphatic carbocycles. The van der Waals surface area contributed by atoms with Gasteiger partial charge in [0.15, 0.2) is 5.75 Å². The van der Waals surface area contributed by atoms with E-state index < -0.39 is 5.97 Å². The number of hydrogen-bond acceptors (Lipinski definition) is 3. The van der Waals surface area contributed by atoms with Gasteiger partial charge in [-0.1, -0.05) is 35.4 Å². The predicted octanol–water partition coefficient (Wildman–Crippen LogP) is 3.16. The van der Waals surface area contributed by atoms with Gasteiger partial charge in [-0.3, -0.25) is 0 Å². The molecule has 0 saturated heterocycles. The van der Waals surface area contributed by atoms with Crippen molar-refractivity contribution in [3.8, 4) is 5.75 Å². The van der Waals surface area contributed by atoms with Crippen LogP contribution in [-0.2, 0) is 6.61 Å². The third-order valence-electron chi connectivity index (χ3n) is 2.94. The molecule has 0 aliphatic rings. The van der Waals surface area contributed by atoms with Crippen molar-refractivity contribution in [1.29, 1.82) is 0 Å². The van der Waals surface area contributed by atoms with Crippen LogP contribution in [0.25, 0.3) is 0 Å². The summed E-state index contributed by atoms with van der Waals surface area (Å²) in [5.41, 5.74) is 9.47. The first kappa shape index (κ1) is 13.9. The molecule has 20 heavy (non-hydrogen) atoms. The van der Waals surface area contributed by atoms with Crippen molar-refractivity contribution in [2.75, 3.05) is 5.73 Å². The molecule has 4 heteroatoms. The van der Waals surface area contributed by atoms with Gasteiger partial charge in [0, 0.05) is 0 Å². The Morgan fingerprint density at radius 1 is 1.20 bits per heavy atom. The van der Waals surface area contributed by atoms with Crippen LogP contribution in [0.4, 0.5) is 5.69 Å². The highest BCUT2D eigenvalue weighted by Crippen LogP contribution is 2.27. The van der Waals surface area contributed by atoms with Crippen LogP contribution >= 0.6 is 0 Å². The number of nitrogen functional groups attached to an aromatic ring is 1. The van der Waals surface area contributed by atoms with Gasteiger partial charge in [-0.25, -0.2) is 4.79 Å². The highest BCUT2D eigenvalue weighted by molar-refractivity contribution is 5.93. The van der Waals surface area contributed by atoms with E-state index in [4.69, 9.17) is 15.6 Å². The maximum atomic E-state index is 11.2. The molecule has 0 atom stereocenters. The van der Waals surface area contributed by atoms with E-state index in [1.165, 1.54) is 6.07 Å². The van der Waals surface area contributed by atoms with Gasteiger partial charge >= 0.3 is 5.97 Å². The fourth-order valence-electron chi connectivity index (χ4n) is 2.19. The van der Waals surface area contributed by atoms with Gasteiger partial charge in [-0.2, -0.15) is 0 Å². The third kappa shape index (κ3) is 3.09. The van der Waals surface area contributed by atoms with Crippen LogP contribution in [0.2, 0.25) is 0 Å². The van der Waals surface area contributed by atoms with Gasteiger partial charge < -0.3 is 15.6 Å². The molecule has 2 aromatic rings. The van der Waals surface area contributed by atoms with Crippen molar-refractivity contribution in [3.05, 3.63) is 58.7 Å². The average molecular weight is 271 g/mol. The number of aromatic carboxylic acids is 1. The Hall–Kier alpha value is -2.49. The van der Waals surface area contributed by atoms with E-state index in [0.29, 0.717) is 5.69 Å². The molecular formula is C16H17NO3. The summed E-state index contributed by atoms with van der Waals surface area (Å²) in [7, 11) is 0. The second-order valence-corrected chi connectivity index (χ2v) is 4.81. The highest BCUT2D eigenvalue weighted by Gasteiger charge is 2.14. The molecule has 2 aromatic carbocycles.